The molecule has 1 heterocycles. The van der Waals surface area contributed by atoms with Crippen LogP contribution < -0.4 is 9.47 Å². The smallest absolute Gasteiger partial charge is 0.381 e. The summed E-state index contributed by atoms with van der Waals surface area (Å²) in [7, 11) is 2.72. The molecule has 1 unspecified atom stereocenters. The third-order valence-corrected chi connectivity index (χ3v) is 3.58. The molecule has 10 nitrogen and oxygen atoms in total. The van der Waals surface area contributed by atoms with Crippen LogP contribution in [-0.2, 0) is 11.3 Å². The molecule has 140 valence electrons. The summed E-state index contributed by atoms with van der Waals surface area (Å²) in [5.74, 6) is 0.189. The minimum Gasteiger partial charge on any atom is -0.497 e. The molecular formula is C16H19N3O7. The van der Waals surface area contributed by atoms with Crippen LogP contribution in [0.1, 0.15) is 16.2 Å². The maximum absolute atomic E-state index is 11.8. The number of aryl methyl sites for hydroxylation is 1. The lowest BCUT2D eigenvalue weighted by Gasteiger charge is -2.15. The van der Waals surface area contributed by atoms with Crippen LogP contribution >= 0.6 is 0 Å². The van der Waals surface area contributed by atoms with E-state index in [1.165, 1.54) is 37.1 Å². The van der Waals surface area contributed by atoms with E-state index in [1.54, 1.807) is 13.0 Å². The molecule has 0 saturated carbocycles. The van der Waals surface area contributed by atoms with Crippen LogP contribution in [0.25, 0.3) is 0 Å². The van der Waals surface area contributed by atoms with Gasteiger partial charge in [0.15, 0.2) is 0 Å². The number of rotatable bonds is 8. The van der Waals surface area contributed by atoms with Crippen molar-refractivity contribution in [1.82, 2.24) is 9.55 Å². The zero-order valence-corrected chi connectivity index (χ0v) is 14.5. The lowest BCUT2D eigenvalue weighted by molar-refractivity contribution is -0.389. The van der Waals surface area contributed by atoms with Crippen molar-refractivity contribution in [3.63, 3.8) is 0 Å². The lowest BCUT2D eigenvalue weighted by Crippen LogP contribution is -2.24. The number of ether oxygens (including phenoxy) is 3. The van der Waals surface area contributed by atoms with Gasteiger partial charge in [-0.25, -0.2) is 4.79 Å². The minimum atomic E-state index is -0.987. The summed E-state index contributed by atoms with van der Waals surface area (Å²) < 4.78 is 16.8. The Morgan fingerprint density at radius 3 is 2.73 bits per heavy atom. The SMILES string of the molecule is COC(=O)c1ccc(OC)cc1OCC(O)Cn1cc([N+](=O)[O-])nc1C. The fourth-order valence-corrected chi connectivity index (χ4v) is 2.26. The van der Waals surface area contributed by atoms with Gasteiger partial charge in [0.2, 0.25) is 5.82 Å². The number of hydrogen-bond donors (Lipinski definition) is 1. The van der Waals surface area contributed by atoms with Gasteiger partial charge in [-0.05, 0) is 22.0 Å². The number of aliphatic hydroxyl groups excluding tert-OH is 1. The van der Waals surface area contributed by atoms with Gasteiger partial charge in [0.05, 0.1) is 20.8 Å². The summed E-state index contributed by atoms with van der Waals surface area (Å²) in [5, 5.41) is 20.9. The first-order valence-electron chi connectivity index (χ1n) is 7.61. The van der Waals surface area contributed by atoms with Crippen molar-refractivity contribution < 1.29 is 29.0 Å². The molecule has 0 spiro atoms. The van der Waals surface area contributed by atoms with Crippen molar-refractivity contribution in [2.24, 2.45) is 0 Å². The summed E-state index contributed by atoms with van der Waals surface area (Å²) in [6.07, 6.45) is 0.253. The Balaban J connectivity index is 2.08. The number of carbonyl (C=O) groups is 1. The van der Waals surface area contributed by atoms with Crippen molar-refractivity contribution in [1.29, 1.82) is 0 Å². The van der Waals surface area contributed by atoms with E-state index >= 15 is 0 Å². The molecule has 1 aromatic carbocycles. The fraction of sp³-hybridized carbons (Fsp3) is 0.375. The summed E-state index contributed by atoms with van der Waals surface area (Å²) in [6, 6.07) is 4.59. The van der Waals surface area contributed by atoms with Crippen LogP contribution in [0.3, 0.4) is 0 Å². The molecule has 0 fully saturated rings. The zero-order chi connectivity index (χ0) is 19.3. The first-order chi connectivity index (χ1) is 12.3. The van der Waals surface area contributed by atoms with Crippen LogP contribution in [0.5, 0.6) is 11.5 Å². The number of nitro groups is 1. The third-order valence-electron chi connectivity index (χ3n) is 3.58. The van der Waals surface area contributed by atoms with E-state index in [4.69, 9.17) is 14.2 Å². The Labute approximate surface area is 149 Å². The lowest BCUT2D eigenvalue weighted by atomic mass is 10.2. The molecule has 0 aliphatic rings. The topological polar surface area (TPSA) is 126 Å². The third kappa shape index (κ3) is 4.48. The van der Waals surface area contributed by atoms with Gasteiger partial charge < -0.3 is 34.0 Å². The van der Waals surface area contributed by atoms with Crippen LogP contribution in [0.2, 0.25) is 0 Å². The summed E-state index contributed by atoms with van der Waals surface area (Å²) >= 11 is 0. The Kier molecular flexibility index (Phi) is 6.12. The minimum absolute atomic E-state index is 0.0458. The molecule has 1 aromatic heterocycles. The molecule has 26 heavy (non-hydrogen) atoms. The van der Waals surface area contributed by atoms with E-state index < -0.39 is 17.0 Å². The van der Waals surface area contributed by atoms with Gasteiger partial charge in [-0.2, -0.15) is 0 Å². The van der Waals surface area contributed by atoms with Crippen LogP contribution in [0, 0.1) is 17.0 Å². The second-order valence-electron chi connectivity index (χ2n) is 5.37. The van der Waals surface area contributed by atoms with E-state index in [0.29, 0.717) is 11.6 Å². The van der Waals surface area contributed by atoms with Gasteiger partial charge in [0, 0.05) is 13.0 Å². The molecular weight excluding hydrogens is 346 g/mol. The normalized spacial score (nSPS) is 11.7. The molecule has 0 aliphatic carbocycles. The maximum Gasteiger partial charge on any atom is 0.381 e. The number of methoxy groups -OCH3 is 2. The largest absolute Gasteiger partial charge is 0.497 e. The molecule has 1 atom stereocenters. The van der Waals surface area contributed by atoms with Crippen LogP contribution in [0.15, 0.2) is 24.4 Å². The van der Waals surface area contributed by atoms with Gasteiger partial charge in [0.1, 0.15) is 36.0 Å². The van der Waals surface area contributed by atoms with Crippen molar-refractivity contribution >= 4 is 11.8 Å². The number of carbonyl (C=O) groups excluding carboxylic acids is 1. The summed E-state index contributed by atoms with van der Waals surface area (Å²) in [4.78, 5) is 25.7. The standard InChI is InChI=1S/C16H19N3O7/c1-10-17-15(19(22)23)8-18(10)7-11(20)9-26-14-6-12(24-2)4-5-13(14)16(21)25-3/h4-6,8,11,20H,7,9H2,1-3H3. The highest BCUT2D eigenvalue weighted by atomic mass is 16.6. The molecule has 0 radical (unpaired) electrons. The zero-order valence-electron chi connectivity index (χ0n) is 14.5. The number of aliphatic hydroxyl groups is 1. The first-order valence-corrected chi connectivity index (χ1v) is 7.61. The van der Waals surface area contributed by atoms with E-state index in [0.717, 1.165) is 0 Å². The average Bonchev–Trinajstić information content (AvgIpc) is 2.99. The van der Waals surface area contributed by atoms with Crippen molar-refractivity contribution in [3.05, 3.63) is 45.9 Å². The maximum atomic E-state index is 11.8. The van der Waals surface area contributed by atoms with Crippen molar-refractivity contribution in [2.75, 3.05) is 20.8 Å². The average molecular weight is 365 g/mol. The molecule has 0 amide bonds. The van der Waals surface area contributed by atoms with Crippen molar-refractivity contribution in [2.45, 2.75) is 19.6 Å². The molecule has 2 rings (SSSR count). The van der Waals surface area contributed by atoms with E-state index in [2.05, 4.69) is 4.98 Å². The summed E-state index contributed by atoms with van der Waals surface area (Å²) in [5.41, 5.74) is 0.190. The van der Waals surface area contributed by atoms with Gasteiger partial charge in [-0.1, -0.05) is 0 Å². The first kappa shape index (κ1) is 19.2. The highest BCUT2D eigenvalue weighted by Crippen LogP contribution is 2.25. The van der Waals surface area contributed by atoms with Gasteiger partial charge in [-0.15, -0.1) is 0 Å². The van der Waals surface area contributed by atoms with Gasteiger partial charge >= 0.3 is 11.8 Å². The molecule has 0 aliphatic heterocycles. The predicted octanol–water partition coefficient (Wildman–Crippen LogP) is 1.33. The van der Waals surface area contributed by atoms with E-state index in [9.17, 15) is 20.0 Å². The van der Waals surface area contributed by atoms with Crippen LogP contribution in [0.4, 0.5) is 5.82 Å². The van der Waals surface area contributed by atoms with Crippen LogP contribution in [-0.4, -0.2) is 52.5 Å². The number of aromatic nitrogens is 2. The Morgan fingerprint density at radius 1 is 1.42 bits per heavy atom. The van der Waals surface area contributed by atoms with Gasteiger partial charge in [0.25, 0.3) is 0 Å². The molecule has 2 aromatic rings. The molecule has 0 saturated heterocycles. The predicted molar refractivity (Wildman–Crippen MR) is 89.5 cm³/mol. The molecule has 0 bridgehead atoms. The van der Waals surface area contributed by atoms with Gasteiger partial charge in [-0.3, -0.25) is 0 Å². The number of hydrogen-bond acceptors (Lipinski definition) is 8. The second kappa shape index (κ2) is 8.30. The van der Waals surface area contributed by atoms with Crippen molar-refractivity contribution in [3.8, 4) is 11.5 Å². The molecule has 1 N–H and O–H groups in total. The van der Waals surface area contributed by atoms with E-state index in [1.807, 2.05) is 0 Å². The highest BCUT2D eigenvalue weighted by molar-refractivity contribution is 5.92. The monoisotopic (exact) mass is 365 g/mol. The molecule has 10 heteroatoms. The van der Waals surface area contributed by atoms with E-state index in [-0.39, 0.29) is 30.3 Å². The number of imidazole rings is 1. The fourth-order valence-electron chi connectivity index (χ4n) is 2.26. The summed E-state index contributed by atoms with van der Waals surface area (Å²) in [6.45, 7) is 1.49. The number of esters is 1. The Bertz CT molecular complexity index is 803. The Morgan fingerprint density at radius 2 is 2.15 bits per heavy atom. The second-order valence-corrected chi connectivity index (χ2v) is 5.37. The number of benzene rings is 1. The number of nitrogens with zero attached hydrogens (tertiary/aromatic N) is 3. The quantitative estimate of drug-likeness (QED) is 0.422. The Hall–Kier alpha value is -3.14. The highest BCUT2D eigenvalue weighted by Gasteiger charge is 2.19.